The number of hydrogen-bond donors (Lipinski definition) is 1. The maximum Gasteiger partial charge on any atom is 0.104 e. The molecule has 0 radical (unpaired) electrons. The Morgan fingerprint density at radius 2 is 1.64 bits per heavy atom. The minimum Gasteiger partial charge on any atom is -0.328 e. The number of fused-ring (bicyclic) bond motifs is 1. The summed E-state index contributed by atoms with van der Waals surface area (Å²) in [4.78, 5) is 1.64. The molecular formula is C25H28N3+. The maximum absolute atomic E-state index is 4.70. The van der Waals surface area contributed by atoms with Crippen molar-refractivity contribution in [3.8, 4) is 0 Å². The van der Waals surface area contributed by atoms with Crippen LogP contribution in [0.4, 0.5) is 0 Å². The van der Waals surface area contributed by atoms with E-state index in [1.165, 1.54) is 27.5 Å². The third-order valence-corrected chi connectivity index (χ3v) is 5.39. The number of nitrogens with zero attached hydrogens (tertiary/aromatic N) is 2. The second kappa shape index (κ2) is 8.85. The highest BCUT2D eigenvalue weighted by atomic mass is 15.5. The summed E-state index contributed by atoms with van der Waals surface area (Å²) in [6, 6.07) is 25.8. The predicted molar refractivity (Wildman–Crippen MR) is 119 cm³/mol. The third-order valence-electron chi connectivity index (χ3n) is 5.39. The highest BCUT2D eigenvalue weighted by Gasteiger charge is 2.19. The van der Waals surface area contributed by atoms with Gasteiger partial charge in [0.1, 0.15) is 6.54 Å². The molecule has 1 saturated heterocycles. The first-order valence-corrected chi connectivity index (χ1v) is 10.1. The Kier molecular flexibility index (Phi) is 5.83. The van der Waals surface area contributed by atoms with E-state index in [2.05, 4.69) is 84.7 Å². The fraction of sp³-hybridized carbons (Fsp3) is 0.240. The molecule has 0 aromatic heterocycles. The summed E-state index contributed by atoms with van der Waals surface area (Å²) >= 11 is 0. The number of rotatable bonds is 5. The van der Waals surface area contributed by atoms with Gasteiger partial charge in [0, 0.05) is 11.8 Å². The molecule has 0 spiro atoms. The Hall–Kier alpha value is -2.91. The van der Waals surface area contributed by atoms with Crippen molar-refractivity contribution in [1.82, 2.24) is 5.01 Å². The molecule has 142 valence electrons. The first-order valence-electron chi connectivity index (χ1n) is 10.1. The van der Waals surface area contributed by atoms with Crippen LogP contribution in [0.25, 0.3) is 16.8 Å². The highest BCUT2D eigenvalue weighted by molar-refractivity contribution is 5.85. The molecule has 1 heterocycles. The van der Waals surface area contributed by atoms with Gasteiger partial charge in [-0.3, -0.25) is 5.01 Å². The zero-order valence-electron chi connectivity index (χ0n) is 16.5. The van der Waals surface area contributed by atoms with Crippen LogP contribution in [0.5, 0.6) is 0 Å². The quantitative estimate of drug-likeness (QED) is 0.680. The SMILES string of the molecule is CC(C=NN1CC[NH+](Cc2cccc3ccccc23)CC1)=Cc1ccccc1. The minimum absolute atomic E-state index is 1.01. The molecule has 3 heteroatoms. The van der Waals surface area contributed by atoms with Crippen molar-refractivity contribution in [1.29, 1.82) is 0 Å². The van der Waals surface area contributed by atoms with E-state index in [9.17, 15) is 0 Å². The lowest BCUT2D eigenvalue weighted by molar-refractivity contribution is -0.918. The van der Waals surface area contributed by atoms with E-state index in [0.29, 0.717) is 0 Å². The molecule has 3 nitrogen and oxygen atoms in total. The number of piperazine rings is 1. The fourth-order valence-corrected chi connectivity index (χ4v) is 3.84. The first-order chi connectivity index (χ1) is 13.8. The number of hydrazone groups is 1. The zero-order valence-corrected chi connectivity index (χ0v) is 16.5. The number of quaternary nitrogens is 1. The lowest BCUT2D eigenvalue weighted by atomic mass is 10.0. The Bertz CT molecular complexity index is 962. The van der Waals surface area contributed by atoms with Crippen molar-refractivity contribution in [3.63, 3.8) is 0 Å². The summed E-state index contributed by atoms with van der Waals surface area (Å²) in [7, 11) is 0. The minimum atomic E-state index is 1.01. The molecule has 3 aromatic carbocycles. The van der Waals surface area contributed by atoms with Crippen molar-refractivity contribution in [2.24, 2.45) is 5.10 Å². The number of allylic oxidation sites excluding steroid dienone is 1. The largest absolute Gasteiger partial charge is 0.328 e. The second-order valence-corrected chi connectivity index (χ2v) is 7.56. The van der Waals surface area contributed by atoms with Crippen LogP contribution in [0.15, 0.2) is 83.5 Å². The molecule has 0 bridgehead atoms. The van der Waals surface area contributed by atoms with Gasteiger partial charge in [-0.25, -0.2) is 0 Å². The van der Waals surface area contributed by atoms with Gasteiger partial charge in [0.2, 0.25) is 0 Å². The Morgan fingerprint density at radius 3 is 2.46 bits per heavy atom. The molecule has 28 heavy (non-hydrogen) atoms. The van der Waals surface area contributed by atoms with Gasteiger partial charge in [-0.05, 0) is 28.8 Å². The normalized spacial score (nSPS) is 16.2. The Morgan fingerprint density at radius 1 is 0.929 bits per heavy atom. The van der Waals surface area contributed by atoms with Crippen LogP contribution in [0, 0.1) is 0 Å². The molecule has 0 aliphatic carbocycles. The standard InChI is InChI=1S/C25H27N3/c1-21(18-22-8-3-2-4-9-22)19-26-28-16-14-27(15-17-28)20-24-12-7-11-23-10-5-6-13-25(23)24/h2-13,18-19H,14-17,20H2,1H3/p+1. The van der Waals surface area contributed by atoms with Gasteiger partial charge < -0.3 is 4.90 Å². The van der Waals surface area contributed by atoms with Crippen LogP contribution >= 0.6 is 0 Å². The van der Waals surface area contributed by atoms with E-state index < -0.39 is 0 Å². The highest BCUT2D eigenvalue weighted by Crippen LogP contribution is 2.17. The van der Waals surface area contributed by atoms with E-state index in [0.717, 1.165) is 32.7 Å². The molecule has 1 aliphatic rings. The van der Waals surface area contributed by atoms with Gasteiger partial charge in [0.25, 0.3) is 0 Å². The lowest BCUT2D eigenvalue weighted by Crippen LogP contribution is -3.13. The predicted octanol–water partition coefficient (Wildman–Crippen LogP) is 3.63. The molecule has 0 unspecified atom stereocenters. The molecule has 4 rings (SSSR count). The number of nitrogens with one attached hydrogen (secondary N) is 1. The average Bonchev–Trinajstić information content (AvgIpc) is 2.74. The summed E-state index contributed by atoms with van der Waals surface area (Å²) in [6.07, 6.45) is 4.16. The second-order valence-electron chi connectivity index (χ2n) is 7.56. The molecule has 0 amide bonds. The average molecular weight is 371 g/mol. The monoisotopic (exact) mass is 370 g/mol. The Labute approximate surface area is 167 Å². The van der Waals surface area contributed by atoms with Crippen LogP contribution in [0.1, 0.15) is 18.1 Å². The number of benzene rings is 3. The van der Waals surface area contributed by atoms with Crippen molar-refractivity contribution in [2.75, 3.05) is 26.2 Å². The van der Waals surface area contributed by atoms with Gasteiger partial charge in [0.15, 0.2) is 0 Å². The zero-order chi connectivity index (χ0) is 19.2. The van der Waals surface area contributed by atoms with Crippen molar-refractivity contribution < 1.29 is 4.90 Å². The molecule has 0 saturated carbocycles. The summed E-state index contributed by atoms with van der Waals surface area (Å²) in [5, 5.41) is 9.63. The van der Waals surface area contributed by atoms with Gasteiger partial charge in [-0.15, -0.1) is 0 Å². The molecule has 3 aromatic rings. The van der Waals surface area contributed by atoms with E-state index >= 15 is 0 Å². The van der Waals surface area contributed by atoms with Gasteiger partial charge in [-0.1, -0.05) is 78.9 Å². The van der Waals surface area contributed by atoms with Gasteiger partial charge in [0.05, 0.1) is 26.2 Å². The summed E-state index contributed by atoms with van der Waals surface area (Å²) in [5.74, 6) is 0. The maximum atomic E-state index is 4.70. The summed E-state index contributed by atoms with van der Waals surface area (Å²) in [6.45, 7) is 7.47. The molecular weight excluding hydrogens is 342 g/mol. The van der Waals surface area contributed by atoms with Crippen molar-refractivity contribution in [3.05, 3.63) is 89.5 Å². The third kappa shape index (κ3) is 4.68. The van der Waals surface area contributed by atoms with Crippen molar-refractivity contribution in [2.45, 2.75) is 13.5 Å². The fourth-order valence-electron chi connectivity index (χ4n) is 3.84. The molecule has 1 N–H and O–H groups in total. The van der Waals surface area contributed by atoms with Crippen LogP contribution in [0.2, 0.25) is 0 Å². The van der Waals surface area contributed by atoms with Crippen LogP contribution in [-0.2, 0) is 6.54 Å². The van der Waals surface area contributed by atoms with Gasteiger partial charge >= 0.3 is 0 Å². The van der Waals surface area contributed by atoms with Crippen LogP contribution in [-0.4, -0.2) is 37.4 Å². The van der Waals surface area contributed by atoms with Crippen LogP contribution in [0.3, 0.4) is 0 Å². The van der Waals surface area contributed by atoms with E-state index in [-0.39, 0.29) is 0 Å². The van der Waals surface area contributed by atoms with Crippen LogP contribution < -0.4 is 4.90 Å². The number of hydrogen-bond acceptors (Lipinski definition) is 2. The van der Waals surface area contributed by atoms with E-state index in [1.807, 2.05) is 12.3 Å². The Balaban J connectivity index is 1.33. The topological polar surface area (TPSA) is 20.0 Å². The van der Waals surface area contributed by atoms with Crippen molar-refractivity contribution >= 4 is 23.1 Å². The molecule has 1 fully saturated rings. The molecule has 0 atom stereocenters. The first kappa shape index (κ1) is 18.5. The lowest BCUT2D eigenvalue weighted by Gasteiger charge is -2.30. The van der Waals surface area contributed by atoms with Gasteiger partial charge in [-0.2, -0.15) is 5.10 Å². The van der Waals surface area contributed by atoms with E-state index in [4.69, 9.17) is 5.10 Å². The summed E-state index contributed by atoms with van der Waals surface area (Å²) < 4.78 is 0. The smallest absolute Gasteiger partial charge is 0.104 e. The van der Waals surface area contributed by atoms with E-state index in [1.54, 1.807) is 4.90 Å². The summed E-state index contributed by atoms with van der Waals surface area (Å²) in [5.41, 5.74) is 3.85. The molecule has 1 aliphatic heterocycles.